The number of hydrogen-bond acceptors (Lipinski definition) is 5. The number of allylic oxidation sites excluding steroid dienone is 4. The van der Waals surface area contributed by atoms with Crippen molar-refractivity contribution < 1.29 is 17.9 Å². The average Bonchev–Trinajstić information content (AvgIpc) is 2.73. The molecule has 7 heteroatoms. The SMILES string of the molecule is C=C/C=C(\C=C/C)S(=O)(=O)NC(C(=O)O[C@H]1CN2CCC1CC2)c1ccccc1. The summed E-state index contributed by atoms with van der Waals surface area (Å²) in [5.41, 5.74) is 0.542. The first-order valence-electron chi connectivity index (χ1n) is 9.90. The van der Waals surface area contributed by atoms with Crippen LogP contribution in [0.3, 0.4) is 0 Å². The minimum atomic E-state index is -3.95. The zero-order valence-electron chi connectivity index (χ0n) is 16.7. The highest BCUT2D eigenvalue weighted by molar-refractivity contribution is 7.93. The predicted molar refractivity (Wildman–Crippen MR) is 113 cm³/mol. The fourth-order valence-electron chi connectivity index (χ4n) is 3.90. The van der Waals surface area contributed by atoms with Crippen LogP contribution in [0, 0.1) is 5.92 Å². The second-order valence-electron chi connectivity index (χ2n) is 7.38. The van der Waals surface area contributed by atoms with Crippen LogP contribution in [-0.4, -0.2) is 45.0 Å². The van der Waals surface area contributed by atoms with Gasteiger partial charge in [-0.25, -0.2) is 13.2 Å². The Bertz CT molecular complexity index is 885. The largest absolute Gasteiger partial charge is 0.459 e. The fraction of sp³-hybridized carbons (Fsp3) is 0.409. The molecule has 2 bridgehead atoms. The van der Waals surface area contributed by atoms with Crippen LogP contribution in [0.25, 0.3) is 0 Å². The van der Waals surface area contributed by atoms with Crippen LogP contribution in [0.4, 0.5) is 0 Å². The van der Waals surface area contributed by atoms with Crippen LogP contribution >= 0.6 is 0 Å². The van der Waals surface area contributed by atoms with Gasteiger partial charge in [-0.2, -0.15) is 4.72 Å². The molecule has 3 aliphatic heterocycles. The zero-order chi connectivity index (χ0) is 20.9. The first kappa shape index (κ1) is 21.5. The van der Waals surface area contributed by atoms with Crippen LogP contribution in [-0.2, 0) is 19.6 Å². The first-order chi connectivity index (χ1) is 13.9. The lowest BCUT2D eigenvalue weighted by molar-refractivity contribution is -0.161. The molecule has 0 aromatic heterocycles. The molecular weight excluding hydrogens is 388 g/mol. The Morgan fingerprint density at radius 1 is 1.28 bits per heavy atom. The maximum absolute atomic E-state index is 13.1. The first-order valence-corrected chi connectivity index (χ1v) is 11.4. The van der Waals surface area contributed by atoms with Crippen LogP contribution in [0.5, 0.6) is 0 Å². The number of rotatable bonds is 8. The Morgan fingerprint density at radius 3 is 2.52 bits per heavy atom. The van der Waals surface area contributed by atoms with Crippen LogP contribution < -0.4 is 4.72 Å². The molecule has 3 aliphatic rings. The lowest BCUT2D eigenvalue weighted by Gasteiger charge is -2.44. The highest BCUT2D eigenvalue weighted by Gasteiger charge is 2.38. The van der Waals surface area contributed by atoms with E-state index in [1.54, 1.807) is 37.3 Å². The van der Waals surface area contributed by atoms with Gasteiger partial charge in [0, 0.05) is 6.54 Å². The number of fused-ring (bicyclic) bond motifs is 3. The maximum atomic E-state index is 13.1. The fourth-order valence-corrected chi connectivity index (χ4v) is 5.17. The molecule has 1 aromatic carbocycles. The minimum absolute atomic E-state index is 0.0339. The molecule has 0 saturated carbocycles. The Kier molecular flexibility index (Phi) is 7.05. The number of nitrogens with one attached hydrogen (secondary N) is 1. The molecule has 29 heavy (non-hydrogen) atoms. The molecule has 3 heterocycles. The molecule has 0 aliphatic carbocycles. The molecule has 3 saturated heterocycles. The number of esters is 1. The van der Waals surface area contributed by atoms with E-state index in [0.29, 0.717) is 18.0 Å². The van der Waals surface area contributed by atoms with Gasteiger partial charge in [0.25, 0.3) is 0 Å². The summed E-state index contributed by atoms with van der Waals surface area (Å²) in [5.74, 6) is -0.229. The zero-order valence-corrected chi connectivity index (χ0v) is 17.5. The molecule has 1 N–H and O–H groups in total. The van der Waals surface area contributed by atoms with E-state index in [1.807, 2.05) is 6.07 Å². The number of carbonyl (C=O) groups excluding carboxylic acids is 1. The molecule has 156 valence electrons. The molecule has 2 atom stereocenters. The maximum Gasteiger partial charge on any atom is 0.329 e. The highest BCUT2D eigenvalue weighted by atomic mass is 32.2. The Morgan fingerprint density at radius 2 is 1.97 bits per heavy atom. The van der Waals surface area contributed by atoms with Gasteiger partial charge in [0.1, 0.15) is 12.1 Å². The molecule has 1 unspecified atom stereocenters. The summed E-state index contributed by atoms with van der Waals surface area (Å²) >= 11 is 0. The summed E-state index contributed by atoms with van der Waals surface area (Å²) in [4.78, 5) is 15.4. The topological polar surface area (TPSA) is 75.7 Å². The van der Waals surface area contributed by atoms with E-state index in [1.165, 1.54) is 18.2 Å². The minimum Gasteiger partial charge on any atom is -0.459 e. The lowest BCUT2D eigenvalue weighted by Crippen LogP contribution is -2.52. The number of benzene rings is 1. The standard InChI is InChI=1S/C22H28N2O4S/c1-3-8-19(9-4-2)29(26,27)23-21(18-10-6-5-7-11-18)22(25)28-20-16-24-14-12-17(20)13-15-24/h3-11,17,20-21,23H,1,12-16H2,2H3/b9-4-,19-8+/t20-,21?/m0/s1. The summed E-state index contributed by atoms with van der Waals surface area (Å²) in [5, 5.41) is 0. The van der Waals surface area contributed by atoms with Crippen LogP contribution in [0.2, 0.25) is 0 Å². The molecule has 0 radical (unpaired) electrons. The van der Waals surface area contributed by atoms with E-state index in [4.69, 9.17) is 4.74 Å². The quantitative estimate of drug-likeness (QED) is 0.521. The third-order valence-electron chi connectivity index (χ3n) is 5.43. The van der Waals surface area contributed by atoms with Crippen molar-refractivity contribution in [3.8, 4) is 0 Å². The average molecular weight is 417 g/mol. The van der Waals surface area contributed by atoms with Gasteiger partial charge in [0.2, 0.25) is 10.0 Å². The second-order valence-corrected chi connectivity index (χ2v) is 9.10. The number of piperidine rings is 3. The van der Waals surface area contributed by atoms with Crippen LogP contribution in [0.15, 0.2) is 66.1 Å². The van der Waals surface area contributed by atoms with Crippen molar-refractivity contribution in [2.45, 2.75) is 31.9 Å². The Hall–Kier alpha value is -2.22. The molecule has 0 spiro atoms. The number of ether oxygens (including phenoxy) is 1. The third kappa shape index (κ3) is 5.23. The second kappa shape index (κ2) is 9.52. The highest BCUT2D eigenvalue weighted by Crippen LogP contribution is 2.31. The van der Waals surface area contributed by atoms with E-state index < -0.39 is 22.0 Å². The van der Waals surface area contributed by atoms with Crippen molar-refractivity contribution in [3.05, 3.63) is 71.7 Å². The predicted octanol–water partition coefficient (Wildman–Crippen LogP) is 2.93. The number of sulfonamides is 1. The van der Waals surface area contributed by atoms with E-state index in [2.05, 4.69) is 16.2 Å². The van der Waals surface area contributed by atoms with Gasteiger partial charge in [-0.15, -0.1) is 0 Å². The van der Waals surface area contributed by atoms with Crippen molar-refractivity contribution in [1.82, 2.24) is 9.62 Å². The van der Waals surface area contributed by atoms with Gasteiger partial charge in [-0.1, -0.05) is 49.1 Å². The normalized spacial score (nSPS) is 25.7. The van der Waals surface area contributed by atoms with Gasteiger partial charge in [-0.3, -0.25) is 4.90 Å². The molecule has 1 aromatic rings. The van der Waals surface area contributed by atoms with E-state index in [-0.39, 0.29) is 11.0 Å². The van der Waals surface area contributed by atoms with Crippen molar-refractivity contribution >= 4 is 16.0 Å². The van der Waals surface area contributed by atoms with Crippen molar-refractivity contribution in [2.75, 3.05) is 19.6 Å². The number of nitrogens with zero attached hydrogens (tertiary/aromatic N) is 1. The monoisotopic (exact) mass is 416 g/mol. The van der Waals surface area contributed by atoms with Gasteiger partial charge >= 0.3 is 5.97 Å². The van der Waals surface area contributed by atoms with E-state index in [0.717, 1.165) is 25.9 Å². The summed E-state index contributed by atoms with van der Waals surface area (Å²) in [6.45, 7) is 8.08. The smallest absolute Gasteiger partial charge is 0.329 e. The molecule has 4 rings (SSSR count). The van der Waals surface area contributed by atoms with Gasteiger partial charge in [0.15, 0.2) is 0 Å². The van der Waals surface area contributed by atoms with Gasteiger partial charge < -0.3 is 4.74 Å². The van der Waals surface area contributed by atoms with Crippen LogP contribution in [0.1, 0.15) is 31.4 Å². The Labute approximate surface area is 173 Å². The number of hydrogen-bond donors (Lipinski definition) is 1. The van der Waals surface area contributed by atoms with E-state index in [9.17, 15) is 13.2 Å². The summed E-state index contributed by atoms with van der Waals surface area (Å²) in [7, 11) is -3.95. The lowest BCUT2D eigenvalue weighted by atomic mass is 9.86. The summed E-state index contributed by atoms with van der Waals surface area (Å²) < 4.78 is 34.2. The van der Waals surface area contributed by atoms with Gasteiger partial charge in [0.05, 0.1) is 4.91 Å². The Balaban J connectivity index is 1.84. The molecular formula is C22H28N2O4S. The summed E-state index contributed by atoms with van der Waals surface area (Å²) in [6.07, 6.45) is 7.70. The molecule has 3 fully saturated rings. The number of carbonyl (C=O) groups is 1. The molecule has 0 amide bonds. The third-order valence-corrected chi connectivity index (χ3v) is 6.87. The molecule has 6 nitrogen and oxygen atoms in total. The van der Waals surface area contributed by atoms with Crippen molar-refractivity contribution in [1.29, 1.82) is 0 Å². The van der Waals surface area contributed by atoms with E-state index >= 15 is 0 Å². The van der Waals surface area contributed by atoms with Crippen molar-refractivity contribution in [2.24, 2.45) is 5.92 Å². The van der Waals surface area contributed by atoms with Crippen molar-refractivity contribution in [3.63, 3.8) is 0 Å². The summed E-state index contributed by atoms with van der Waals surface area (Å²) in [6, 6.07) is 7.68. The van der Waals surface area contributed by atoms with Gasteiger partial charge in [-0.05, 0) is 56.5 Å².